The van der Waals surface area contributed by atoms with Gasteiger partial charge in [0.2, 0.25) is 0 Å². The van der Waals surface area contributed by atoms with Crippen LogP contribution in [0.1, 0.15) is 80.9 Å². The largest absolute Gasteiger partial charge is 0.460 e. The molecule has 0 N–H and O–H groups in total. The maximum absolute atomic E-state index is 10.2. The second kappa shape index (κ2) is 9.70. The third-order valence-corrected chi connectivity index (χ3v) is 2.82. The molecule has 0 aliphatic rings. The van der Waals surface area contributed by atoms with Crippen LogP contribution in [-0.4, -0.2) is 52.0 Å². The average Bonchev–Trinajstić information content (AvgIpc) is 3.04. The second-order valence-electron chi connectivity index (χ2n) is 9.31. The van der Waals surface area contributed by atoms with E-state index < -0.39 is 0 Å². The van der Waals surface area contributed by atoms with Gasteiger partial charge in [0.05, 0.1) is 11.1 Å². The van der Waals surface area contributed by atoms with Crippen molar-refractivity contribution in [1.29, 1.82) is 0 Å². The standard InChI is InChI=1S/2C6H12N4.C6H12O2/c1-5-7-8-9-10(5)6(2,3)4;1-5-7-9-10(8-5)6(2,3)4;1-5(7)8-6(2,3)4/h2*1-4H3;1-4H3. The molecule has 2 aromatic rings. The monoisotopic (exact) mass is 396 g/mol. The fourth-order valence-corrected chi connectivity index (χ4v) is 1.85. The minimum atomic E-state index is -0.328. The van der Waals surface area contributed by atoms with Gasteiger partial charge < -0.3 is 4.74 Å². The van der Waals surface area contributed by atoms with Gasteiger partial charge in [-0.25, -0.2) is 4.68 Å². The first-order valence-electron chi connectivity index (χ1n) is 9.15. The summed E-state index contributed by atoms with van der Waals surface area (Å²) in [7, 11) is 0. The van der Waals surface area contributed by atoms with Crippen molar-refractivity contribution in [2.45, 2.75) is 99.8 Å². The number of nitrogens with zero attached hydrogens (tertiary/aromatic N) is 8. The summed E-state index contributed by atoms with van der Waals surface area (Å²) in [6.07, 6.45) is 0. The Morgan fingerprint density at radius 1 is 0.857 bits per heavy atom. The van der Waals surface area contributed by atoms with Gasteiger partial charge >= 0.3 is 5.97 Å². The molecule has 0 spiro atoms. The van der Waals surface area contributed by atoms with Crippen LogP contribution in [-0.2, 0) is 20.6 Å². The van der Waals surface area contributed by atoms with Gasteiger partial charge in [0.25, 0.3) is 0 Å². The lowest BCUT2D eigenvalue weighted by Crippen LogP contribution is -2.24. The lowest BCUT2D eigenvalue weighted by Gasteiger charge is -2.18. The zero-order valence-corrected chi connectivity index (χ0v) is 19.4. The lowest BCUT2D eigenvalue weighted by molar-refractivity contribution is -0.151. The van der Waals surface area contributed by atoms with Gasteiger partial charge in [-0.15, -0.1) is 15.3 Å². The molecule has 0 bridgehead atoms. The number of esters is 1. The molecule has 160 valence electrons. The molecule has 0 aliphatic heterocycles. The van der Waals surface area contributed by atoms with Crippen molar-refractivity contribution in [3.8, 4) is 0 Å². The van der Waals surface area contributed by atoms with Gasteiger partial charge in [-0.05, 0) is 91.8 Å². The van der Waals surface area contributed by atoms with E-state index in [1.807, 2.05) is 55.4 Å². The van der Waals surface area contributed by atoms with Crippen LogP contribution in [0.2, 0.25) is 0 Å². The van der Waals surface area contributed by atoms with E-state index in [2.05, 4.69) is 51.7 Å². The van der Waals surface area contributed by atoms with E-state index >= 15 is 0 Å². The number of rotatable bonds is 0. The maximum atomic E-state index is 10.2. The van der Waals surface area contributed by atoms with Crippen molar-refractivity contribution in [2.24, 2.45) is 0 Å². The van der Waals surface area contributed by atoms with Crippen LogP contribution in [0.15, 0.2) is 0 Å². The molecule has 0 amide bonds. The number of aryl methyl sites for hydroxylation is 2. The molecular formula is C18H36N8O2. The molecule has 0 radical (unpaired) electrons. The van der Waals surface area contributed by atoms with Crippen LogP contribution in [0.5, 0.6) is 0 Å². The van der Waals surface area contributed by atoms with Gasteiger partial charge in [-0.2, -0.15) is 4.80 Å². The molecule has 0 atom stereocenters. The molecule has 0 saturated heterocycles. The first-order valence-corrected chi connectivity index (χ1v) is 9.15. The molecule has 2 aromatic heterocycles. The third-order valence-electron chi connectivity index (χ3n) is 2.82. The highest BCUT2D eigenvalue weighted by Crippen LogP contribution is 2.11. The van der Waals surface area contributed by atoms with E-state index in [1.54, 1.807) is 9.48 Å². The van der Waals surface area contributed by atoms with Gasteiger partial charge in [0, 0.05) is 6.92 Å². The molecule has 10 heteroatoms. The van der Waals surface area contributed by atoms with Crippen molar-refractivity contribution in [3.05, 3.63) is 11.6 Å². The van der Waals surface area contributed by atoms with E-state index in [0.717, 1.165) is 11.6 Å². The Bertz CT molecular complexity index is 730. The normalized spacial score (nSPS) is 11.7. The predicted octanol–water partition coefficient (Wildman–Crippen LogP) is 2.82. The summed E-state index contributed by atoms with van der Waals surface area (Å²) in [6.45, 7) is 23.0. The molecule has 0 aliphatic carbocycles. The molecule has 28 heavy (non-hydrogen) atoms. The van der Waals surface area contributed by atoms with E-state index in [-0.39, 0.29) is 22.6 Å². The fraction of sp³-hybridized carbons (Fsp3) is 0.833. The zero-order chi connectivity index (χ0) is 22.3. The summed E-state index contributed by atoms with van der Waals surface area (Å²) in [4.78, 5) is 11.9. The Balaban J connectivity index is 0.000000394. The Kier molecular flexibility index (Phi) is 8.87. The number of carbonyl (C=O) groups is 1. The minimum Gasteiger partial charge on any atom is -0.460 e. The highest BCUT2D eigenvalue weighted by Gasteiger charge is 2.16. The smallest absolute Gasteiger partial charge is 0.303 e. The summed E-state index contributed by atoms with van der Waals surface area (Å²) in [6, 6.07) is 0. The predicted molar refractivity (Wildman–Crippen MR) is 107 cm³/mol. The number of ether oxygens (including phenoxy) is 1. The van der Waals surface area contributed by atoms with Gasteiger partial charge in [0.15, 0.2) is 5.82 Å². The Morgan fingerprint density at radius 3 is 1.54 bits per heavy atom. The Morgan fingerprint density at radius 2 is 1.39 bits per heavy atom. The van der Waals surface area contributed by atoms with Crippen LogP contribution in [0, 0.1) is 13.8 Å². The molecule has 0 aromatic carbocycles. The van der Waals surface area contributed by atoms with Crippen LogP contribution in [0.4, 0.5) is 0 Å². The van der Waals surface area contributed by atoms with Crippen molar-refractivity contribution >= 4 is 5.97 Å². The fourth-order valence-electron chi connectivity index (χ4n) is 1.85. The SMILES string of the molecule is CC(=O)OC(C)(C)C.Cc1nnn(C(C)(C)C)n1.Cc1nnnn1C(C)(C)C. The van der Waals surface area contributed by atoms with Gasteiger partial charge in [-0.3, -0.25) is 4.79 Å². The molecule has 0 saturated carbocycles. The van der Waals surface area contributed by atoms with Crippen LogP contribution in [0.3, 0.4) is 0 Å². The quantitative estimate of drug-likeness (QED) is 0.625. The van der Waals surface area contributed by atoms with Crippen LogP contribution >= 0.6 is 0 Å². The number of hydrogen-bond donors (Lipinski definition) is 0. The highest BCUT2D eigenvalue weighted by molar-refractivity contribution is 5.66. The van der Waals surface area contributed by atoms with Crippen molar-refractivity contribution in [1.82, 2.24) is 40.4 Å². The summed E-state index contributed by atoms with van der Waals surface area (Å²) >= 11 is 0. The molecule has 0 fully saturated rings. The average molecular weight is 397 g/mol. The van der Waals surface area contributed by atoms with Crippen LogP contribution in [0.25, 0.3) is 0 Å². The topological polar surface area (TPSA) is 114 Å². The highest BCUT2D eigenvalue weighted by atomic mass is 16.6. The summed E-state index contributed by atoms with van der Waals surface area (Å²) in [5, 5.41) is 22.9. The van der Waals surface area contributed by atoms with Crippen molar-refractivity contribution in [3.63, 3.8) is 0 Å². The Labute approximate surface area is 168 Å². The minimum absolute atomic E-state index is 0.00637. The molecule has 2 rings (SSSR count). The van der Waals surface area contributed by atoms with Crippen LogP contribution < -0.4 is 0 Å². The number of tetrazole rings is 2. The number of carbonyl (C=O) groups excluding carboxylic acids is 1. The molecule has 10 nitrogen and oxygen atoms in total. The second-order valence-corrected chi connectivity index (χ2v) is 9.31. The zero-order valence-electron chi connectivity index (χ0n) is 19.4. The van der Waals surface area contributed by atoms with Crippen molar-refractivity contribution < 1.29 is 9.53 Å². The number of hydrogen-bond acceptors (Lipinski definition) is 8. The maximum Gasteiger partial charge on any atom is 0.303 e. The third kappa shape index (κ3) is 10.7. The molecule has 0 unspecified atom stereocenters. The first kappa shape index (κ1) is 25.6. The van der Waals surface area contributed by atoms with E-state index in [0.29, 0.717) is 0 Å². The molecular weight excluding hydrogens is 360 g/mol. The number of aromatic nitrogens is 8. The Hall–Kier alpha value is -2.39. The van der Waals surface area contributed by atoms with E-state index in [4.69, 9.17) is 4.74 Å². The van der Waals surface area contributed by atoms with E-state index in [9.17, 15) is 4.79 Å². The first-order chi connectivity index (χ1) is 12.4. The summed E-state index contributed by atoms with van der Waals surface area (Å²) in [5.41, 5.74) is -0.388. The summed E-state index contributed by atoms with van der Waals surface area (Å²) < 4.78 is 6.60. The lowest BCUT2D eigenvalue weighted by atomic mass is 10.1. The molecule has 2 heterocycles. The van der Waals surface area contributed by atoms with Gasteiger partial charge in [-0.1, -0.05) is 0 Å². The summed E-state index contributed by atoms with van der Waals surface area (Å²) in [5.74, 6) is 1.35. The van der Waals surface area contributed by atoms with Crippen molar-refractivity contribution in [2.75, 3.05) is 0 Å². The van der Waals surface area contributed by atoms with E-state index in [1.165, 1.54) is 6.92 Å². The van der Waals surface area contributed by atoms with Gasteiger partial charge in [0.1, 0.15) is 11.4 Å².